The van der Waals surface area contributed by atoms with Gasteiger partial charge in [-0.05, 0) is 48.5 Å². The molecule has 28 heavy (non-hydrogen) atoms. The van der Waals surface area contributed by atoms with Crippen LogP contribution in [0.25, 0.3) is 0 Å². The van der Waals surface area contributed by atoms with E-state index in [9.17, 15) is 17.6 Å². The molecule has 1 aliphatic heterocycles. The minimum atomic E-state index is -3.59. The number of carbonyl (C=O) groups is 1. The number of ether oxygens (including phenoxy) is 1. The van der Waals surface area contributed by atoms with Gasteiger partial charge in [0.1, 0.15) is 5.82 Å². The van der Waals surface area contributed by atoms with Crippen LogP contribution in [0.5, 0.6) is 0 Å². The smallest absolute Gasteiger partial charge is 0.252 e. The number of amides is 1. The first-order valence-corrected chi connectivity index (χ1v) is 10.1. The number of benzene rings is 2. The van der Waals surface area contributed by atoms with Gasteiger partial charge in [-0.25, -0.2) is 12.8 Å². The number of hydrogen-bond donors (Lipinski definition) is 1. The van der Waals surface area contributed by atoms with Crippen LogP contribution in [0.4, 0.5) is 4.39 Å². The number of carbonyl (C=O) groups excluding carboxylic acids is 1. The zero-order chi connectivity index (χ0) is 20.0. The molecule has 1 amide bonds. The van der Waals surface area contributed by atoms with E-state index in [0.717, 1.165) is 0 Å². The fourth-order valence-corrected chi connectivity index (χ4v) is 4.03. The number of hydrogen-bond acceptors (Lipinski definition) is 4. The number of rotatable bonds is 4. The molecule has 1 aliphatic rings. The normalized spacial score (nSPS) is 14.8. The SMILES string of the molecule is O=C(NCC#Cc1ccc(F)cc1)c1ccc(S(=O)(=O)N2CCOCC2)cc1. The standard InChI is InChI=1S/C20H19FN2O4S/c21-18-7-3-16(4-8-18)2-1-11-22-20(24)17-5-9-19(10-6-17)28(25,26)23-12-14-27-15-13-23/h3-10H,11-15H2,(H,22,24). The Hall–Kier alpha value is -2.73. The van der Waals surface area contributed by atoms with Gasteiger partial charge in [0.2, 0.25) is 10.0 Å². The maximum atomic E-state index is 12.8. The van der Waals surface area contributed by atoms with Crippen molar-refractivity contribution < 1.29 is 22.3 Å². The molecule has 6 nitrogen and oxygen atoms in total. The lowest BCUT2D eigenvalue weighted by Crippen LogP contribution is -2.40. The molecule has 0 spiro atoms. The molecular formula is C20H19FN2O4S. The van der Waals surface area contributed by atoms with Gasteiger partial charge in [-0.1, -0.05) is 11.8 Å². The zero-order valence-electron chi connectivity index (χ0n) is 15.0. The quantitative estimate of drug-likeness (QED) is 0.789. The van der Waals surface area contributed by atoms with Crippen molar-refractivity contribution in [1.29, 1.82) is 0 Å². The van der Waals surface area contributed by atoms with Crippen molar-refractivity contribution in [2.24, 2.45) is 0 Å². The monoisotopic (exact) mass is 402 g/mol. The van der Waals surface area contributed by atoms with E-state index < -0.39 is 10.0 Å². The first-order valence-electron chi connectivity index (χ1n) is 8.67. The van der Waals surface area contributed by atoms with Gasteiger partial charge in [0.15, 0.2) is 0 Å². The Morgan fingerprint density at radius 2 is 1.71 bits per heavy atom. The molecule has 3 rings (SSSR count). The second-order valence-corrected chi connectivity index (χ2v) is 7.97. The third-order valence-corrected chi connectivity index (χ3v) is 6.05. The van der Waals surface area contributed by atoms with Gasteiger partial charge in [0.05, 0.1) is 24.7 Å². The fraction of sp³-hybridized carbons (Fsp3) is 0.250. The molecule has 0 aromatic heterocycles. The summed E-state index contributed by atoms with van der Waals surface area (Å²) >= 11 is 0. The van der Waals surface area contributed by atoms with Crippen LogP contribution in [0.15, 0.2) is 53.4 Å². The summed E-state index contributed by atoms with van der Waals surface area (Å²) in [6.07, 6.45) is 0. The molecule has 146 valence electrons. The van der Waals surface area contributed by atoms with E-state index in [1.54, 1.807) is 12.1 Å². The zero-order valence-corrected chi connectivity index (χ0v) is 15.8. The maximum Gasteiger partial charge on any atom is 0.252 e. The maximum absolute atomic E-state index is 12.8. The Balaban J connectivity index is 1.58. The third kappa shape index (κ3) is 4.95. The molecule has 1 N–H and O–H groups in total. The van der Waals surface area contributed by atoms with E-state index in [4.69, 9.17) is 4.74 Å². The number of sulfonamides is 1. The Morgan fingerprint density at radius 1 is 1.07 bits per heavy atom. The highest BCUT2D eigenvalue weighted by molar-refractivity contribution is 7.89. The van der Waals surface area contributed by atoms with Gasteiger partial charge in [-0.2, -0.15) is 4.31 Å². The molecule has 1 fully saturated rings. The highest BCUT2D eigenvalue weighted by Crippen LogP contribution is 2.17. The van der Waals surface area contributed by atoms with Crippen molar-refractivity contribution in [1.82, 2.24) is 9.62 Å². The minimum absolute atomic E-state index is 0.115. The second kappa shape index (κ2) is 8.97. The predicted molar refractivity (Wildman–Crippen MR) is 102 cm³/mol. The van der Waals surface area contributed by atoms with Crippen LogP contribution in [-0.2, 0) is 14.8 Å². The molecule has 8 heteroatoms. The molecule has 1 heterocycles. The Kier molecular flexibility index (Phi) is 6.41. The lowest BCUT2D eigenvalue weighted by atomic mass is 10.2. The number of halogens is 1. The predicted octanol–water partition coefficient (Wildman–Crippen LogP) is 1.63. The molecular weight excluding hydrogens is 383 g/mol. The second-order valence-electron chi connectivity index (χ2n) is 6.03. The average molecular weight is 402 g/mol. The van der Waals surface area contributed by atoms with Gasteiger partial charge in [-0.3, -0.25) is 4.79 Å². The number of nitrogens with one attached hydrogen (secondary N) is 1. The topological polar surface area (TPSA) is 75.7 Å². The average Bonchev–Trinajstić information content (AvgIpc) is 2.73. The first-order chi connectivity index (χ1) is 13.5. The first kappa shape index (κ1) is 20.0. The van der Waals surface area contributed by atoms with Gasteiger partial charge in [-0.15, -0.1) is 0 Å². The largest absolute Gasteiger partial charge is 0.379 e. The van der Waals surface area contributed by atoms with Crippen LogP contribution >= 0.6 is 0 Å². The summed E-state index contributed by atoms with van der Waals surface area (Å²) in [6.45, 7) is 1.50. The summed E-state index contributed by atoms with van der Waals surface area (Å²) in [7, 11) is -3.59. The molecule has 2 aromatic rings. The number of nitrogens with zero attached hydrogens (tertiary/aromatic N) is 1. The fourth-order valence-electron chi connectivity index (χ4n) is 2.62. The van der Waals surface area contributed by atoms with Crippen LogP contribution < -0.4 is 5.32 Å². The van der Waals surface area contributed by atoms with Crippen molar-refractivity contribution >= 4 is 15.9 Å². The minimum Gasteiger partial charge on any atom is -0.379 e. The third-order valence-electron chi connectivity index (χ3n) is 4.14. The summed E-state index contributed by atoms with van der Waals surface area (Å²) in [5.41, 5.74) is 0.984. The van der Waals surface area contributed by atoms with Gasteiger partial charge in [0.25, 0.3) is 5.91 Å². The summed E-state index contributed by atoms with van der Waals surface area (Å²) in [5.74, 6) is 4.91. The van der Waals surface area contributed by atoms with E-state index in [2.05, 4.69) is 17.2 Å². The van der Waals surface area contributed by atoms with E-state index in [-0.39, 0.29) is 23.2 Å². The lowest BCUT2D eigenvalue weighted by Gasteiger charge is -2.26. The van der Waals surface area contributed by atoms with E-state index >= 15 is 0 Å². The lowest BCUT2D eigenvalue weighted by molar-refractivity contribution is 0.0730. The Bertz CT molecular complexity index is 987. The van der Waals surface area contributed by atoms with Crippen LogP contribution in [0, 0.1) is 17.7 Å². The molecule has 0 radical (unpaired) electrons. The van der Waals surface area contributed by atoms with Gasteiger partial charge >= 0.3 is 0 Å². The molecule has 0 atom stereocenters. The van der Waals surface area contributed by atoms with E-state index in [1.807, 2.05) is 0 Å². The highest BCUT2D eigenvalue weighted by atomic mass is 32.2. The number of morpholine rings is 1. The molecule has 0 unspecified atom stereocenters. The van der Waals surface area contributed by atoms with Crippen molar-refractivity contribution in [2.75, 3.05) is 32.8 Å². The van der Waals surface area contributed by atoms with Crippen molar-refractivity contribution in [2.45, 2.75) is 4.90 Å². The Morgan fingerprint density at radius 3 is 2.36 bits per heavy atom. The van der Waals surface area contributed by atoms with Crippen LogP contribution in [0.2, 0.25) is 0 Å². The van der Waals surface area contributed by atoms with Crippen LogP contribution in [0.1, 0.15) is 15.9 Å². The molecule has 0 aliphatic carbocycles. The van der Waals surface area contributed by atoms with Crippen molar-refractivity contribution in [3.63, 3.8) is 0 Å². The van der Waals surface area contributed by atoms with Crippen LogP contribution in [0.3, 0.4) is 0 Å². The van der Waals surface area contributed by atoms with E-state index in [1.165, 1.54) is 40.7 Å². The molecule has 2 aromatic carbocycles. The van der Waals surface area contributed by atoms with Crippen LogP contribution in [-0.4, -0.2) is 51.5 Å². The summed E-state index contributed by atoms with van der Waals surface area (Å²) in [5, 5.41) is 2.64. The molecule has 1 saturated heterocycles. The Labute approximate surface area is 163 Å². The summed E-state index contributed by atoms with van der Waals surface area (Å²) < 4.78 is 44.5. The summed E-state index contributed by atoms with van der Waals surface area (Å²) in [6, 6.07) is 11.5. The van der Waals surface area contributed by atoms with Gasteiger partial charge < -0.3 is 10.1 Å². The summed E-state index contributed by atoms with van der Waals surface area (Å²) in [4.78, 5) is 12.3. The van der Waals surface area contributed by atoms with E-state index in [0.29, 0.717) is 37.4 Å². The highest BCUT2D eigenvalue weighted by Gasteiger charge is 2.26. The van der Waals surface area contributed by atoms with Crippen molar-refractivity contribution in [3.8, 4) is 11.8 Å². The molecule has 0 saturated carbocycles. The van der Waals surface area contributed by atoms with Gasteiger partial charge in [0, 0.05) is 24.2 Å². The van der Waals surface area contributed by atoms with Crippen molar-refractivity contribution in [3.05, 3.63) is 65.5 Å². The molecule has 0 bridgehead atoms.